The summed E-state index contributed by atoms with van der Waals surface area (Å²) < 4.78 is 0. The number of Topliss-reactive ketones (excluding diaryl/α,β-unsaturated/α-hetero) is 1. The van der Waals surface area contributed by atoms with Crippen LogP contribution in [0.15, 0.2) is 54.8 Å². The number of nitrogens with two attached hydrogens (primary N) is 1. The third-order valence-electron chi connectivity index (χ3n) is 5.19. The number of nitrogens with one attached hydrogen (secondary N) is 1. The van der Waals surface area contributed by atoms with Crippen molar-refractivity contribution in [2.45, 2.75) is 59.4 Å². The van der Waals surface area contributed by atoms with E-state index in [1.165, 1.54) is 0 Å². The molecule has 1 aromatic rings. The number of amides is 1. The molecule has 0 saturated heterocycles. The van der Waals surface area contributed by atoms with Crippen LogP contribution in [0.5, 0.6) is 0 Å². The SMILES string of the molecule is C=C(N)CCC(C)C(=O)NC(Cc1ccccc1)C(=O)CC(C(=C)C)C(C)C. The van der Waals surface area contributed by atoms with Gasteiger partial charge in [-0.1, -0.05) is 69.8 Å². The zero-order valence-electron chi connectivity index (χ0n) is 17.8. The predicted octanol–water partition coefficient (Wildman–Crippen LogP) is 4.41. The standard InChI is InChI=1S/C24H36N2O2/c1-16(2)21(17(3)4)15-23(27)22(14-20-10-8-7-9-11-20)26-24(28)18(5)12-13-19(6)25/h7-11,17-18,21-22H,1,6,12-15,25H2,2-5H3,(H,26,28). The summed E-state index contributed by atoms with van der Waals surface area (Å²) in [4.78, 5) is 25.8. The maximum absolute atomic E-state index is 13.1. The summed E-state index contributed by atoms with van der Waals surface area (Å²) in [6.45, 7) is 15.7. The summed E-state index contributed by atoms with van der Waals surface area (Å²) >= 11 is 0. The first kappa shape index (κ1) is 23.7. The molecular formula is C24H36N2O2. The van der Waals surface area contributed by atoms with Crippen LogP contribution in [0.3, 0.4) is 0 Å². The molecule has 1 rings (SSSR count). The van der Waals surface area contributed by atoms with Crippen molar-refractivity contribution >= 4 is 11.7 Å². The molecule has 0 aliphatic rings. The highest BCUT2D eigenvalue weighted by atomic mass is 16.2. The molecule has 154 valence electrons. The van der Waals surface area contributed by atoms with Crippen LogP contribution < -0.4 is 11.1 Å². The highest BCUT2D eigenvalue weighted by Crippen LogP contribution is 2.24. The highest BCUT2D eigenvalue weighted by molar-refractivity contribution is 5.90. The van der Waals surface area contributed by atoms with E-state index in [1.54, 1.807) is 0 Å². The number of rotatable bonds is 12. The second-order valence-electron chi connectivity index (χ2n) is 8.22. The number of hydrogen-bond donors (Lipinski definition) is 2. The van der Waals surface area contributed by atoms with E-state index in [9.17, 15) is 9.59 Å². The Bertz CT molecular complexity index is 679. The minimum absolute atomic E-state index is 0.0503. The third-order valence-corrected chi connectivity index (χ3v) is 5.19. The van der Waals surface area contributed by atoms with Crippen molar-refractivity contribution < 1.29 is 9.59 Å². The quantitative estimate of drug-likeness (QED) is 0.524. The zero-order valence-corrected chi connectivity index (χ0v) is 17.8. The van der Waals surface area contributed by atoms with E-state index in [0.717, 1.165) is 11.1 Å². The van der Waals surface area contributed by atoms with Crippen LogP contribution in [0.25, 0.3) is 0 Å². The van der Waals surface area contributed by atoms with Crippen molar-refractivity contribution in [3.63, 3.8) is 0 Å². The molecule has 0 bridgehead atoms. The molecule has 4 heteroatoms. The van der Waals surface area contributed by atoms with Crippen LogP contribution in [0, 0.1) is 17.8 Å². The van der Waals surface area contributed by atoms with Gasteiger partial charge in [-0.3, -0.25) is 9.59 Å². The Kier molecular flexibility index (Phi) is 9.70. The van der Waals surface area contributed by atoms with E-state index < -0.39 is 6.04 Å². The Balaban J connectivity index is 2.92. The van der Waals surface area contributed by atoms with E-state index in [4.69, 9.17) is 5.73 Å². The Morgan fingerprint density at radius 3 is 2.21 bits per heavy atom. The van der Waals surface area contributed by atoms with Crippen molar-refractivity contribution in [2.75, 3.05) is 0 Å². The van der Waals surface area contributed by atoms with Gasteiger partial charge in [0, 0.05) is 18.0 Å². The minimum Gasteiger partial charge on any atom is -0.403 e. The molecule has 3 atom stereocenters. The molecule has 0 aromatic heterocycles. The minimum atomic E-state index is -0.543. The van der Waals surface area contributed by atoms with Crippen molar-refractivity contribution in [1.82, 2.24) is 5.32 Å². The fourth-order valence-corrected chi connectivity index (χ4v) is 3.28. The van der Waals surface area contributed by atoms with E-state index in [2.05, 4.69) is 32.3 Å². The van der Waals surface area contributed by atoms with Crippen LogP contribution in [0.1, 0.15) is 52.5 Å². The Hall–Kier alpha value is -2.36. The van der Waals surface area contributed by atoms with E-state index in [-0.39, 0.29) is 23.5 Å². The molecule has 0 radical (unpaired) electrons. The second kappa shape index (κ2) is 11.5. The third kappa shape index (κ3) is 8.12. The molecule has 1 aromatic carbocycles. The van der Waals surface area contributed by atoms with Crippen LogP contribution >= 0.6 is 0 Å². The lowest BCUT2D eigenvalue weighted by atomic mass is 9.83. The molecule has 0 heterocycles. The first-order valence-electron chi connectivity index (χ1n) is 10.1. The number of hydrogen-bond acceptors (Lipinski definition) is 3. The first-order valence-corrected chi connectivity index (χ1v) is 10.1. The van der Waals surface area contributed by atoms with Crippen LogP contribution in [0.2, 0.25) is 0 Å². The van der Waals surface area contributed by atoms with Gasteiger partial charge in [-0.05, 0) is 43.6 Å². The van der Waals surface area contributed by atoms with E-state index >= 15 is 0 Å². The molecule has 0 spiro atoms. The topological polar surface area (TPSA) is 72.2 Å². The van der Waals surface area contributed by atoms with Gasteiger partial charge < -0.3 is 11.1 Å². The van der Waals surface area contributed by atoms with Crippen LogP contribution in [-0.4, -0.2) is 17.7 Å². The average molecular weight is 385 g/mol. The molecule has 3 N–H and O–H groups in total. The number of carbonyl (C=O) groups excluding carboxylic acids is 2. The summed E-state index contributed by atoms with van der Waals surface area (Å²) in [5.74, 6) is 0.138. The van der Waals surface area contributed by atoms with Gasteiger partial charge in [0.05, 0.1) is 6.04 Å². The lowest BCUT2D eigenvalue weighted by molar-refractivity contribution is -0.130. The lowest BCUT2D eigenvalue weighted by Gasteiger charge is -2.25. The van der Waals surface area contributed by atoms with Gasteiger partial charge in [0.15, 0.2) is 5.78 Å². The van der Waals surface area contributed by atoms with Crippen molar-refractivity contribution in [2.24, 2.45) is 23.5 Å². The van der Waals surface area contributed by atoms with Gasteiger partial charge in [0.1, 0.15) is 0 Å². The summed E-state index contributed by atoms with van der Waals surface area (Å²) in [7, 11) is 0. The van der Waals surface area contributed by atoms with Crippen LogP contribution in [-0.2, 0) is 16.0 Å². The van der Waals surface area contributed by atoms with Gasteiger partial charge >= 0.3 is 0 Å². The fourth-order valence-electron chi connectivity index (χ4n) is 3.28. The predicted molar refractivity (Wildman–Crippen MR) is 117 cm³/mol. The van der Waals surface area contributed by atoms with Gasteiger partial charge in [0.2, 0.25) is 5.91 Å². The van der Waals surface area contributed by atoms with Crippen molar-refractivity contribution in [3.05, 3.63) is 60.3 Å². The number of carbonyl (C=O) groups is 2. The van der Waals surface area contributed by atoms with E-state index in [0.29, 0.717) is 37.3 Å². The van der Waals surface area contributed by atoms with E-state index in [1.807, 2.05) is 44.2 Å². The molecule has 0 aliphatic heterocycles. The fraction of sp³-hybridized carbons (Fsp3) is 0.500. The monoisotopic (exact) mass is 384 g/mol. The molecule has 0 saturated carbocycles. The summed E-state index contributed by atoms with van der Waals surface area (Å²) in [6, 6.07) is 9.24. The smallest absolute Gasteiger partial charge is 0.223 e. The number of ketones is 1. The molecule has 0 aliphatic carbocycles. The van der Waals surface area contributed by atoms with Gasteiger partial charge in [-0.2, -0.15) is 0 Å². The summed E-state index contributed by atoms with van der Waals surface area (Å²) in [5.41, 5.74) is 8.21. The van der Waals surface area contributed by atoms with Gasteiger partial charge in [-0.25, -0.2) is 0 Å². The zero-order chi connectivity index (χ0) is 21.3. The molecule has 28 heavy (non-hydrogen) atoms. The van der Waals surface area contributed by atoms with Gasteiger partial charge in [0.25, 0.3) is 0 Å². The summed E-state index contributed by atoms with van der Waals surface area (Å²) in [5, 5.41) is 2.98. The number of benzene rings is 1. The molecular weight excluding hydrogens is 348 g/mol. The Morgan fingerprint density at radius 2 is 1.71 bits per heavy atom. The normalized spacial score (nSPS) is 14.2. The molecule has 3 unspecified atom stereocenters. The summed E-state index contributed by atoms with van der Waals surface area (Å²) in [6.07, 6.45) is 2.09. The maximum atomic E-state index is 13.1. The average Bonchev–Trinajstić information content (AvgIpc) is 2.63. The largest absolute Gasteiger partial charge is 0.403 e. The molecule has 1 amide bonds. The van der Waals surface area contributed by atoms with Gasteiger partial charge in [-0.15, -0.1) is 0 Å². The van der Waals surface area contributed by atoms with Crippen molar-refractivity contribution in [1.29, 1.82) is 0 Å². The lowest BCUT2D eigenvalue weighted by Crippen LogP contribution is -2.45. The molecule has 0 fully saturated rings. The highest BCUT2D eigenvalue weighted by Gasteiger charge is 2.27. The second-order valence-corrected chi connectivity index (χ2v) is 8.22. The van der Waals surface area contributed by atoms with Crippen LogP contribution in [0.4, 0.5) is 0 Å². The molecule has 4 nitrogen and oxygen atoms in total. The first-order chi connectivity index (χ1) is 13.1. The Morgan fingerprint density at radius 1 is 1.11 bits per heavy atom. The maximum Gasteiger partial charge on any atom is 0.223 e. The number of allylic oxidation sites excluding steroid dienone is 2. The van der Waals surface area contributed by atoms with Crippen molar-refractivity contribution in [3.8, 4) is 0 Å². The Labute approximate surface area is 170 Å².